The normalized spacial score (nSPS) is 15.6. The van der Waals surface area contributed by atoms with Gasteiger partial charge in [-0.2, -0.15) is 0 Å². The monoisotopic (exact) mass is 168 g/mol. The summed E-state index contributed by atoms with van der Waals surface area (Å²) in [4.78, 5) is 3.83. The molecule has 1 aromatic rings. The van der Waals surface area contributed by atoms with E-state index in [0.29, 0.717) is 5.56 Å². The third-order valence-corrected chi connectivity index (χ3v) is 1.64. The Bertz CT molecular complexity index is 228. The second kappa shape index (κ2) is 4.15. The number of hydrogen-bond donors (Lipinski definition) is 3. The predicted octanol–water partition coefficient (Wildman–Crippen LogP) is -0.565. The van der Waals surface area contributed by atoms with E-state index in [-0.39, 0.29) is 6.61 Å². The van der Waals surface area contributed by atoms with Crippen LogP contribution in [0.15, 0.2) is 24.5 Å². The number of aromatic nitrogens is 1. The molecule has 1 rings (SSSR count). The zero-order valence-corrected chi connectivity index (χ0v) is 6.59. The second-order valence-corrected chi connectivity index (χ2v) is 2.58. The molecule has 1 heterocycles. The van der Waals surface area contributed by atoms with Crippen molar-refractivity contribution >= 4 is 0 Å². The van der Waals surface area contributed by atoms with Gasteiger partial charge in [0.2, 0.25) is 0 Å². The summed E-state index contributed by atoms with van der Waals surface area (Å²) in [5.74, 6) is 0. The molecule has 1 aromatic heterocycles. The van der Waals surface area contributed by atoms with Gasteiger partial charge in [0.25, 0.3) is 0 Å². The Kier molecular flexibility index (Phi) is 3.16. The molecule has 0 aliphatic carbocycles. The van der Waals surface area contributed by atoms with Crippen molar-refractivity contribution in [1.82, 2.24) is 4.98 Å². The predicted molar refractivity (Wildman–Crippen MR) is 44.3 cm³/mol. The molecule has 0 fully saturated rings. The number of nitrogens with two attached hydrogens (primary N) is 1. The van der Waals surface area contributed by atoms with Crippen molar-refractivity contribution in [2.24, 2.45) is 5.73 Å². The summed E-state index contributed by atoms with van der Waals surface area (Å²) in [6, 6.07) is 2.78. The van der Waals surface area contributed by atoms with Crippen LogP contribution in [-0.2, 0) is 0 Å². The van der Waals surface area contributed by atoms with E-state index in [1.165, 1.54) is 6.20 Å². The van der Waals surface area contributed by atoms with Crippen LogP contribution in [0.3, 0.4) is 0 Å². The summed E-state index contributed by atoms with van der Waals surface area (Å²) < 4.78 is 0. The van der Waals surface area contributed by atoms with Crippen LogP contribution in [0.25, 0.3) is 0 Å². The van der Waals surface area contributed by atoms with E-state index in [0.717, 1.165) is 0 Å². The molecular weight excluding hydrogens is 156 g/mol. The highest BCUT2D eigenvalue weighted by atomic mass is 16.3. The molecule has 66 valence electrons. The van der Waals surface area contributed by atoms with Gasteiger partial charge in [-0.1, -0.05) is 6.07 Å². The molecule has 0 unspecified atom stereocenters. The lowest BCUT2D eigenvalue weighted by Crippen LogP contribution is -2.31. The summed E-state index contributed by atoms with van der Waals surface area (Å²) >= 11 is 0. The van der Waals surface area contributed by atoms with Crippen molar-refractivity contribution in [3.8, 4) is 0 Å². The van der Waals surface area contributed by atoms with Crippen LogP contribution < -0.4 is 5.73 Å². The van der Waals surface area contributed by atoms with Gasteiger partial charge >= 0.3 is 0 Å². The van der Waals surface area contributed by atoms with Crippen molar-refractivity contribution < 1.29 is 10.2 Å². The van der Waals surface area contributed by atoms with Crippen molar-refractivity contribution in [3.63, 3.8) is 0 Å². The van der Waals surface area contributed by atoms with Crippen LogP contribution in [-0.4, -0.2) is 27.8 Å². The first-order valence-electron chi connectivity index (χ1n) is 3.70. The number of aliphatic hydroxyl groups excluding tert-OH is 2. The second-order valence-electron chi connectivity index (χ2n) is 2.58. The molecule has 0 saturated heterocycles. The van der Waals surface area contributed by atoms with E-state index >= 15 is 0 Å². The van der Waals surface area contributed by atoms with Gasteiger partial charge in [0, 0.05) is 18.0 Å². The average molecular weight is 168 g/mol. The molecule has 0 amide bonds. The average Bonchev–Trinajstić information content (AvgIpc) is 2.17. The fraction of sp³-hybridized carbons (Fsp3) is 0.375. The molecule has 0 aliphatic heterocycles. The minimum Gasteiger partial charge on any atom is -0.395 e. The summed E-state index contributed by atoms with van der Waals surface area (Å²) in [5.41, 5.74) is 6.04. The molecule has 0 bridgehead atoms. The molecule has 0 aliphatic rings. The Morgan fingerprint density at radius 3 is 2.83 bits per heavy atom. The summed E-state index contributed by atoms with van der Waals surface area (Å²) in [7, 11) is 0. The lowest BCUT2D eigenvalue weighted by atomic mass is 10.1. The van der Waals surface area contributed by atoms with Gasteiger partial charge in [-0.15, -0.1) is 0 Å². The lowest BCUT2D eigenvalue weighted by Gasteiger charge is -2.15. The third-order valence-electron chi connectivity index (χ3n) is 1.64. The van der Waals surface area contributed by atoms with Gasteiger partial charge in [0.1, 0.15) is 0 Å². The van der Waals surface area contributed by atoms with Gasteiger partial charge in [0.15, 0.2) is 0 Å². The van der Waals surface area contributed by atoms with E-state index in [9.17, 15) is 5.11 Å². The van der Waals surface area contributed by atoms with Crippen LogP contribution in [0.5, 0.6) is 0 Å². The van der Waals surface area contributed by atoms with Gasteiger partial charge in [-0.05, 0) is 6.07 Å². The smallest absolute Gasteiger partial charge is 0.0978 e. The molecule has 4 heteroatoms. The molecule has 4 N–H and O–H groups in total. The first kappa shape index (κ1) is 9.12. The number of rotatable bonds is 3. The quantitative estimate of drug-likeness (QED) is 0.565. The SMILES string of the molecule is N[C@@H](CO)[C@H](O)c1cccnc1. The summed E-state index contributed by atoms with van der Waals surface area (Å²) in [6.07, 6.45) is 2.30. The number of nitrogens with zero attached hydrogens (tertiary/aromatic N) is 1. The zero-order chi connectivity index (χ0) is 8.97. The molecule has 0 radical (unpaired) electrons. The fourth-order valence-corrected chi connectivity index (χ4v) is 0.898. The maximum absolute atomic E-state index is 9.46. The van der Waals surface area contributed by atoms with Crippen molar-refractivity contribution in [3.05, 3.63) is 30.1 Å². The Labute approximate surface area is 70.7 Å². The van der Waals surface area contributed by atoms with E-state index in [4.69, 9.17) is 10.8 Å². The largest absolute Gasteiger partial charge is 0.395 e. The Balaban J connectivity index is 2.71. The van der Waals surface area contributed by atoms with Crippen LogP contribution in [0.1, 0.15) is 11.7 Å². The minimum atomic E-state index is -0.844. The standard InChI is InChI=1S/C8H12N2O2/c9-7(5-11)8(12)6-2-1-3-10-4-6/h1-4,7-8,11-12H,5,9H2/t7-,8+/m0/s1. The van der Waals surface area contributed by atoms with E-state index in [1.54, 1.807) is 18.3 Å². The van der Waals surface area contributed by atoms with E-state index < -0.39 is 12.1 Å². The first-order chi connectivity index (χ1) is 5.75. The number of hydrogen-bond acceptors (Lipinski definition) is 4. The Hall–Kier alpha value is -0.970. The molecule has 0 aromatic carbocycles. The highest BCUT2D eigenvalue weighted by Gasteiger charge is 2.15. The molecule has 12 heavy (non-hydrogen) atoms. The topological polar surface area (TPSA) is 79.4 Å². The Morgan fingerprint density at radius 1 is 1.58 bits per heavy atom. The van der Waals surface area contributed by atoms with Gasteiger partial charge in [-0.25, -0.2) is 0 Å². The zero-order valence-electron chi connectivity index (χ0n) is 6.59. The highest BCUT2D eigenvalue weighted by Crippen LogP contribution is 2.12. The van der Waals surface area contributed by atoms with Crippen molar-refractivity contribution in [2.75, 3.05) is 6.61 Å². The summed E-state index contributed by atoms with van der Waals surface area (Å²) in [5, 5.41) is 18.1. The number of aliphatic hydroxyl groups is 2. The van der Waals surface area contributed by atoms with Crippen LogP contribution >= 0.6 is 0 Å². The van der Waals surface area contributed by atoms with Gasteiger partial charge in [-0.3, -0.25) is 4.98 Å². The molecular formula is C8H12N2O2. The molecule has 0 spiro atoms. The summed E-state index contributed by atoms with van der Waals surface area (Å²) in [6.45, 7) is -0.240. The van der Waals surface area contributed by atoms with Gasteiger partial charge in [0.05, 0.1) is 18.8 Å². The van der Waals surface area contributed by atoms with Gasteiger partial charge < -0.3 is 15.9 Å². The van der Waals surface area contributed by atoms with E-state index in [1.807, 2.05) is 0 Å². The maximum Gasteiger partial charge on any atom is 0.0978 e. The number of pyridine rings is 1. The van der Waals surface area contributed by atoms with Crippen LogP contribution in [0.2, 0.25) is 0 Å². The first-order valence-corrected chi connectivity index (χ1v) is 3.70. The van der Waals surface area contributed by atoms with Crippen LogP contribution in [0, 0.1) is 0 Å². The fourth-order valence-electron chi connectivity index (χ4n) is 0.898. The Morgan fingerprint density at radius 2 is 2.33 bits per heavy atom. The molecule has 0 saturated carbocycles. The molecule has 4 nitrogen and oxygen atoms in total. The third kappa shape index (κ3) is 2.01. The van der Waals surface area contributed by atoms with Crippen LogP contribution in [0.4, 0.5) is 0 Å². The van der Waals surface area contributed by atoms with Crippen molar-refractivity contribution in [2.45, 2.75) is 12.1 Å². The minimum absolute atomic E-state index is 0.240. The maximum atomic E-state index is 9.46. The van der Waals surface area contributed by atoms with Crippen molar-refractivity contribution in [1.29, 1.82) is 0 Å². The highest BCUT2D eigenvalue weighted by molar-refractivity contribution is 5.13. The van der Waals surface area contributed by atoms with E-state index in [2.05, 4.69) is 4.98 Å². The lowest BCUT2D eigenvalue weighted by molar-refractivity contribution is 0.109. The molecule has 2 atom stereocenters.